The van der Waals surface area contributed by atoms with Crippen LogP contribution >= 0.6 is 11.6 Å². The van der Waals surface area contributed by atoms with Crippen molar-refractivity contribution in [1.29, 1.82) is 0 Å². The third-order valence-electron chi connectivity index (χ3n) is 6.85. The fourth-order valence-electron chi connectivity index (χ4n) is 4.67. The number of halogens is 2. The lowest BCUT2D eigenvalue weighted by Gasteiger charge is -2.15. The first-order valence-electron chi connectivity index (χ1n) is 13.4. The molecule has 2 heterocycles. The Balaban J connectivity index is 1.22. The molecule has 3 aromatic carbocycles. The molecule has 11 heteroatoms. The number of ether oxygens (including phenoxy) is 1. The van der Waals surface area contributed by atoms with Gasteiger partial charge in [-0.15, -0.1) is 0 Å². The van der Waals surface area contributed by atoms with Gasteiger partial charge in [-0.05, 0) is 79.1 Å². The van der Waals surface area contributed by atoms with Gasteiger partial charge in [0.15, 0.2) is 0 Å². The second kappa shape index (κ2) is 11.7. The molecule has 0 unspecified atom stereocenters. The SMILES string of the molecule is CS(=O)(=O)C[C@@H](NC1CC1)c1ccc(-c2ccc3ncnc(Nc4ccc(OCc5cccc(F)c5)c(Cl)c4)c3c2)o1. The predicted octanol–water partition coefficient (Wildman–Crippen LogP) is 6.84. The molecule has 0 saturated heterocycles. The number of sulfone groups is 1. The second-order valence-electron chi connectivity index (χ2n) is 10.4. The van der Waals surface area contributed by atoms with Crippen LogP contribution in [0.3, 0.4) is 0 Å². The number of aromatic nitrogens is 2. The lowest BCUT2D eigenvalue weighted by atomic mass is 10.1. The molecule has 0 spiro atoms. The molecule has 1 fully saturated rings. The van der Waals surface area contributed by atoms with E-state index in [0.29, 0.717) is 45.4 Å². The lowest BCUT2D eigenvalue weighted by Crippen LogP contribution is -2.29. The van der Waals surface area contributed by atoms with Crippen molar-refractivity contribution in [1.82, 2.24) is 15.3 Å². The molecule has 0 amide bonds. The molecule has 2 aromatic heterocycles. The van der Waals surface area contributed by atoms with Crippen LogP contribution in [0.15, 0.2) is 83.5 Å². The molecule has 0 radical (unpaired) electrons. The first-order chi connectivity index (χ1) is 20.2. The average Bonchev–Trinajstić information content (AvgIpc) is 3.63. The highest BCUT2D eigenvalue weighted by atomic mass is 35.5. The number of hydrogen-bond donors (Lipinski definition) is 2. The van der Waals surface area contributed by atoms with Crippen LogP contribution in [0.4, 0.5) is 15.9 Å². The van der Waals surface area contributed by atoms with Crippen molar-refractivity contribution in [3.8, 4) is 17.1 Å². The van der Waals surface area contributed by atoms with Crippen molar-refractivity contribution < 1.29 is 22.0 Å². The number of hydrogen-bond acceptors (Lipinski definition) is 8. The topological polar surface area (TPSA) is 106 Å². The molecule has 0 bridgehead atoms. The van der Waals surface area contributed by atoms with E-state index in [-0.39, 0.29) is 18.2 Å². The largest absolute Gasteiger partial charge is 0.487 e. The average molecular weight is 607 g/mol. The van der Waals surface area contributed by atoms with Gasteiger partial charge < -0.3 is 19.8 Å². The molecule has 1 aliphatic rings. The molecular weight excluding hydrogens is 579 g/mol. The van der Waals surface area contributed by atoms with Crippen LogP contribution in [0, 0.1) is 5.82 Å². The lowest BCUT2D eigenvalue weighted by molar-refractivity contribution is 0.306. The summed E-state index contributed by atoms with van der Waals surface area (Å²) in [6.45, 7) is 0.184. The number of rotatable bonds is 11. The number of anilines is 2. The van der Waals surface area contributed by atoms with E-state index < -0.39 is 15.9 Å². The molecule has 1 saturated carbocycles. The van der Waals surface area contributed by atoms with E-state index in [1.165, 1.54) is 24.7 Å². The summed E-state index contributed by atoms with van der Waals surface area (Å²) in [7, 11) is -3.21. The molecule has 5 aromatic rings. The van der Waals surface area contributed by atoms with E-state index in [1.807, 2.05) is 36.4 Å². The molecule has 216 valence electrons. The van der Waals surface area contributed by atoms with Crippen molar-refractivity contribution in [2.24, 2.45) is 0 Å². The number of fused-ring (bicyclic) bond motifs is 1. The molecule has 8 nitrogen and oxygen atoms in total. The van der Waals surface area contributed by atoms with Gasteiger partial charge in [0, 0.05) is 28.9 Å². The zero-order valence-corrected chi connectivity index (χ0v) is 24.3. The van der Waals surface area contributed by atoms with Crippen LogP contribution < -0.4 is 15.4 Å². The first kappa shape index (κ1) is 28.1. The Bertz CT molecular complexity index is 1860. The van der Waals surface area contributed by atoms with Crippen molar-refractivity contribution in [2.45, 2.75) is 31.5 Å². The third kappa shape index (κ3) is 6.89. The van der Waals surface area contributed by atoms with Gasteiger partial charge in [0.2, 0.25) is 0 Å². The summed E-state index contributed by atoms with van der Waals surface area (Å²) in [6.07, 6.45) is 4.78. The normalized spacial score (nSPS) is 14.2. The fraction of sp³-hybridized carbons (Fsp3) is 0.226. The van der Waals surface area contributed by atoms with Crippen LogP contribution in [0.1, 0.15) is 30.2 Å². The molecule has 1 atom stereocenters. The number of furan rings is 1. The van der Waals surface area contributed by atoms with E-state index >= 15 is 0 Å². The second-order valence-corrected chi connectivity index (χ2v) is 13.0. The van der Waals surface area contributed by atoms with Gasteiger partial charge in [-0.25, -0.2) is 22.8 Å². The Morgan fingerprint density at radius 3 is 2.69 bits per heavy atom. The Hall–Kier alpha value is -3.99. The van der Waals surface area contributed by atoms with E-state index in [1.54, 1.807) is 24.3 Å². The summed E-state index contributed by atoms with van der Waals surface area (Å²) in [6, 6.07) is 20.8. The zero-order chi connectivity index (χ0) is 29.3. The zero-order valence-electron chi connectivity index (χ0n) is 22.7. The van der Waals surface area contributed by atoms with E-state index in [2.05, 4.69) is 20.6 Å². The molecule has 0 aliphatic heterocycles. The monoisotopic (exact) mass is 606 g/mol. The fourth-order valence-corrected chi connectivity index (χ4v) is 5.78. The van der Waals surface area contributed by atoms with Crippen LogP contribution in [0.2, 0.25) is 5.02 Å². The van der Waals surface area contributed by atoms with E-state index in [4.69, 9.17) is 20.8 Å². The number of benzene rings is 3. The highest BCUT2D eigenvalue weighted by Gasteiger charge is 2.29. The molecule has 42 heavy (non-hydrogen) atoms. The van der Waals surface area contributed by atoms with Crippen LogP contribution in [-0.4, -0.2) is 36.4 Å². The number of nitrogens with zero attached hydrogens (tertiary/aromatic N) is 2. The third-order valence-corrected chi connectivity index (χ3v) is 8.09. The Kier molecular flexibility index (Phi) is 7.85. The Morgan fingerprint density at radius 2 is 1.93 bits per heavy atom. The number of nitrogens with one attached hydrogen (secondary N) is 2. The minimum Gasteiger partial charge on any atom is -0.487 e. The van der Waals surface area contributed by atoms with Gasteiger partial charge in [-0.1, -0.05) is 23.7 Å². The summed E-state index contributed by atoms with van der Waals surface area (Å²) in [5.41, 5.74) is 2.92. The van der Waals surface area contributed by atoms with Gasteiger partial charge in [-0.3, -0.25) is 0 Å². The molecule has 6 rings (SSSR count). The first-order valence-corrected chi connectivity index (χ1v) is 15.9. The molecule has 2 N–H and O–H groups in total. The van der Waals surface area contributed by atoms with Crippen LogP contribution in [0.25, 0.3) is 22.2 Å². The summed E-state index contributed by atoms with van der Waals surface area (Å²) in [5, 5.41) is 7.84. The summed E-state index contributed by atoms with van der Waals surface area (Å²) in [5.74, 6) is 1.88. The summed E-state index contributed by atoms with van der Waals surface area (Å²) in [4.78, 5) is 8.84. The van der Waals surface area contributed by atoms with E-state index in [0.717, 1.165) is 29.3 Å². The van der Waals surface area contributed by atoms with Crippen molar-refractivity contribution >= 4 is 43.8 Å². The maximum absolute atomic E-state index is 13.5. The van der Waals surface area contributed by atoms with Crippen molar-refractivity contribution in [3.63, 3.8) is 0 Å². The van der Waals surface area contributed by atoms with E-state index in [9.17, 15) is 12.8 Å². The quantitative estimate of drug-likeness (QED) is 0.168. The maximum atomic E-state index is 13.5. The van der Waals surface area contributed by atoms with Gasteiger partial charge in [0.05, 0.1) is 22.3 Å². The molecule has 1 aliphatic carbocycles. The maximum Gasteiger partial charge on any atom is 0.149 e. The van der Waals surface area contributed by atoms with Crippen molar-refractivity contribution in [3.05, 3.63) is 101 Å². The minimum absolute atomic E-state index is 0.0344. The van der Waals surface area contributed by atoms with Gasteiger partial charge in [0.25, 0.3) is 0 Å². The van der Waals surface area contributed by atoms with Crippen LogP contribution in [0.5, 0.6) is 5.75 Å². The highest BCUT2D eigenvalue weighted by molar-refractivity contribution is 7.90. The highest BCUT2D eigenvalue weighted by Crippen LogP contribution is 2.34. The van der Waals surface area contributed by atoms with Crippen LogP contribution in [-0.2, 0) is 16.4 Å². The summed E-state index contributed by atoms with van der Waals surface area (Å²) < 4.78 is 49.5. The predicted molar refractivity (Wildman–Crippen MR) is 161 cm³/mol. The smallest absolute Gasteiger partial charge is 0.149 e. The van der Waals surface area contributed by atoms with Gasteiger partial charge >= 0.3 is 0 Å². The van der Waals surface area contributed by atoms with Crippen molar-refractivity contribution in [2.75, 3.05) is 17.3 Å². The Morgan fingerprint density at radius 1 is 1.07 bits per heavy atom. The van der Waals surface area contributed by atoms with Gasteiger partial charge in [0.1, 0.15) is 51.7 Å². The Labute approximate surface area is 247 Å². The summed E-state index contributed by atoms with van der Waals surface area (Å²) >= 11 is 6.49. The molecular formula is C31H28ClFN4O4S. The minimum atomic E-state index is -3.21. The van der Waals surface area contributed by atoms with Gasteiger partial charge in [-0.2, -0.15) is 0 Å². The standard InChI is InChI=1S/C31H28ClFN4O4S/c1-42(38,39)17-27(36-22-6-7-22)30-12-11-28(41-30)20-5-9-26-24(14-20)31(35-18-34-26)37-23-8-10-29(25(32)15-23)40-16-19-3-2-4-21(33)13-19/h2-5,8-15,18,22,27,36H,6-7,16-17H2,1H3,(H,34,35,37)/t27-/m1/s1.